The zero-order chi connectivity index (χ0) is 12.8. The first-order valence-corrected chi connectivity index (χ1v) is 6.97. The van der Waals surface area contributed by atoms with E-state index in [0.29, 0.717) is 6.61 Å². The second kappa shape index (κ2) is 6.85. The summed E-state index contributed by atoms with van der Waals surface area (Å²) >= 11 is -0.0426. The van der Waals surface area contributed by atoms with Gasteiger partial charge in [0.25, 0.3) is 0 Å². The molecule has 17 heavy (non-hydrogen) atoms. The van der Waals surface area contributed by atoms with Gasteiger partial charge in [-0.3, -0.25) is 0 Å². The van der Waals surface area contributed by atoms with Crippen LogP contribution in [0.3, 0.4) is 0 Å². The van der Waals surface area contributed by atoms with Gasteiger partial charge in [0.05, 0.1) is 13.2 Å². The summed E-state index contributed by atoms with van der Waals surface area (Å²) < 4.78 is 40.8. The van der Waals surface area contributed by atoms with Crippen LogP contribution in [-0.2, 0) is 4.74 Å². The number of alkyl halides is 3. The van der Waals surface area contributed by atoms with E-state index < -0.39 is 5.51 Å². The van der Waals surface area contributed by atoms with E-state index in [1.807, 2.05) is 0 Å². The first-order valence-electron chi connectivity index (χ1n) is 5.99. The largest absolute Gasteiger partial charge is 0.441 e. The summed E-state index contributed by atoms with van der Waals surface area (Å²) in [5.74, 6) is -0.0560. The lowest BCUT2D eigenvalue weighted by Gasteiger charge is -2.27. The Morgan fingerprint density at radius 3 is 2.24 bits per heavy atom. The molecule has 2 nitrogen and oxygen atoms in total. The topological polar surface area (TPSA) is 35.2 Å². The van der Waals surface area contributed by atoms with Crippen molar-refractivity contribution >= 4 is 11.8 Å². The van der Waals surface area contributed by atoms with Crippen LogP contribution in [-0.4, -0.2) is 30.0 Å². The monoisotopic (exact) mass is 271 g/mol. The van der Waals surface area contributed by atoms with Crippen LogP contribution in [0.25, 0.3) is 0 Å². The average Bonchev–Trinajstić information content (AvgIpc) is 2.41. The van der Waals surface area contributed by atoms with Gasteiger partial charge in [-0.1, -0.05) is 25.7 Å². The van der Waals surface area contributed by atoms with E-state index in [1.165, 1.54) is 12.8 Å². The molecule has 102 valence electrons. The van der Waals surface area contributed by atoms with Crippen molar-refractivity contribution in [2.75, 3.05) is 19.0 Å². The van der Waals surface area contributed by atoms with E-state index in [4.69, 9.17) is 10.5 Å². The van der Waals surface area contributed by atoms with Gasteiger partial charge in [-0.15, -0.1) is 0 Å². The van der Waals surface area contributed by atoms with Gasteiger partial charge in [0.1, 0.15) is 0 Å². The maximum absolute atomic E-state index is 11.8. The molecule has 0 radical (unpaired) electrons. The highest BCUT2D eigenvalue weighted by Gasteiger charge is 2.28. The molecule has 0 atom stereocenters. The van der Waals surface area contributed by atoms with Crippen molar-refractivity contribution in [2.45, 2.75) is 49.6 Å². The Balaban J connectivity index is 2.12. The van der Waals surface area contributed by atoms with Crippen molar-refractivity contribution < 1.29 is 17.9 Å². The van der Waals surface area contributed by atoms with Crippen LogP contribution in [0.2, 0.25) is 0 Å². The van der Waals surface area contributed by atoms with Gasteiger partial charge >= 0.3 is 5.51 Å². The standard InChI is InChI=1S/C11H20F3NOS/c12-11(13,14)17-8-7-16-9-10(15)5-3-1-2-4-6-10/h1-9,15H2. The fourth-order valence-corrected chi connectivity index (χ4v) is 2.50. The highest BCUT2D eigenvalue weighted by Crippen LogP contribution is 2.30. The Morgan fingerprint density at radius 2 is 1.71 bits per heavy atom. The van der Waals surface area contributed by atoms with E-state index in [-0.39, 0.29) is 29.7 Å². The van der Waals surface area contributed by atoms with Crippen LogP contribution < -0.4 is 5.73 Å². The number of hydrogen-bond acceptors (Lipinski definition) is 3. The van der Waals surface area contributed by atoms with Crippen molar-refractivity contribution in [2.24, 2.45) is 5.73 Å². The van der Waals surface area contributed by atoms with Crippen molar-refractivity contribution in [3.63, 3.8) is 0 Å². The molecule has 6 heteroatoms. The van der Waals surface area contributed by atoms with Gasteiger partial charge in [0.2, 0.25) is 0 Å². The smallest absolute Gasteiger partial charge is 0.379 e. The normalized spacial score (nSPS) is 21.2. The molecule has 1 saturated carbocycles. The molecule has 0 aromatic carbocycles. The van der Waals surface area contributed by atoms with Crippen LogP contribution in [0.15, 0.2) is 0 Å². The first-order chi connectivity index (χ1) is 7.91. The van der Waals surface area contributed by atoms with Crippen molar-refractivity contribution in [3.05, 3.63) is 0 Å². The molecule has 0 aromatic heterocycles. The molecule has 0 unspecified atom stereocenters. The average molecular weight is 271 g/mol. The summed E-state index contributed by atoms with van der Waals surface area (Å²) in [5, 5.41) is 0. The van der Waals surface area contributed by atoms with E-state index in [0.717, 1.165) is 25.7 Å². The molecule has 0 heterocycles. The third-order valence-electron chi connectivity index (χ3n) is 2.98. The number of ether oxygens (including phenoxy) is 1. The summed E-state index contributed by atoms with van der Waals surface area (Å²) in [6.07, 6.45) is 6.42. The SMILES string of the molecule is NC1(COCCSC(F)(F)F)CCCCCC1. The minimum Gasteiger partial charge on any atom is -0.379 e. The van der Waals surface area contributed by atoms with Crippen molar-refractivity contribution in [1.29, 1.82) is 0 Å². The third kappa shape index (κ3) is 7.16. The molecule has 1 aliphatic rings. The summed E-state index contributed by atoms with van der Waals surface area (Å²) in [6, 6.07) is 0. The molecule has 0 amide bonds. The zero-order valence-corrected chi connectivity index (χ0v) is 10.7. The Kier molecular flexibility index (Phi) is 6.09. The number of halogens is 3. The van der Waals surface area contributed by atoms with Crippen LogP contribution >= 0.6 is 11.8 Å². The van der Waals surface area contributed by atoms with Gasteiger partial charge in [0.15, 0.2) is 0 Å². The highest BCUT2D eigenvalue weighted by molar-refractivity contribution is 8.00. The van der Waals surface area contributed by atoms with Crippen LogP contribution in [0.1, 0.15) is 38.5 Å². The molecule has 0 aliphatic heterocycles. The number of thioether (sulfide) groups is 1. The molecule has 1 aliphatic carbocycles. The van der Waals surface area contributed by atoms with Crippen LogP contribution in [0.5, 0.6) is 0 Å². The lowest BCUT2D eigenvalue weighted by atomic mass is 9.93. The second-order valence-electron chi connectivity index (χ2n) is 4.62. The fourth-order valence-electron chi connectivity index (χ4n) is 2.07. The predicted octanol–water partition coefficient (Wildman–Crippen LogP) is 3.31. The zero-order valence-electron chi connectivity index (χ0n) is 9.89. The Bertz CT molecular complexity index is 215. The van der Waals surface area contributed by atoms with Gasteiger partial charge < -0.3 is 10.5 Å². The Hall–Kier alpha value is 0.0600. The van der Waals surface area contributed by atoms with E-state index in [1.54, 1.807) is 0 Å². The lowest BCUT2D eigenvalue weighted by molar-refractivity contribution is -0.0332. The predicted molar refractivity (Wildman–Crippen MR) is 64.0 cm³/mol. The molecule has 0 bridgehead atoms. The van der Waals surface area contributed by atoms with Gasteiger partial charge in [-0.25, -0.2) is 0 Å². The van der Waals surface area contributed by atoms with Gasteiger partial charge in [-0.2, -0.15) is 13.2 Å². The maximum atomic E-state index is 11.8. The molecular formula is C11H20F3NOS. The Morgan fingerprint density at radius 1 is 1.12 bits per heavy atom. The molecule has 0 spiro atoms. The quantitative estimate of drug-likeness (QED) is 0.615. The summed E-state index contributed by atoms with van der Waals surface area (Å²) in [5.41, 5.74) is 1.69. The molecule has 0 saturated heterocycles. The number of rotatable bonds is 5. The van der Waals surface area contributed by atoms with Gasteiger partial charge in [-0.05, 0) is 24.6 Å². The summed E-state index contributed by atoms with van der Waals surface area (Å²) in [4.78, 5) is 0. The molecule has 1 fully saturated rings. The first kappa shape index (κ1) is 15.1. The molecular weight excluding hydrogens is 251 g/mol. The summed E-state index contributed by atoms with van der Waals surface area (Å²) in [6.45, 7) is 0.495. The third-order valence-corrected chi connectivity index (χ3v) is 3.68. The molecule has 2 N–H and O–H groups in total. The molecule has 1 rings (SSSR count). The van der Waals surface area contributed by atoms with Crippen LogP contribution in [0.4, 0.5) is 13.2 Å². The van der Waals surface area contributed by atoms with Crippen molar-refractivity contribution in [1.82, 2.24) is 0 Å². The molecule has 0 aromatic rings. The maximum Gasteiger partial charge on any atom is 0.441 e. The van der Waals surface area contributed by atoms with Gasteiger partial charge in [0, 0.05) is 11.3 Å². The minimum absolute atomic E-state index is 0.0426. The summed E-state index contributed by atoms with van der Waals surface area (Å²) in [7, 11) is 0. The minimum atomic E-state index is -4.16. The number of nitrogens with two attached hydrogens (primary N) is 1. The highest BCUT2D eigenvalue weighted by atomic mass is 32.2. The lowest BCUT2D eigenvalue weighted by Crippen LogP contribution is -2.44. The van der Waals surface area contributed by atoms with Crippen molar-refractivity contribution in [3.8, 4) is 0 Å². The second-order valence-corrected chi connectivity index (χ2v) is 5.78. The Labute approximate surface area is 104 Å². The number of hydrogen-bond donors (Lipinski definition) is 1. The van der Waals surface area contributed by atoms with E-state index in [2.05, 4.69) is 0 Å². The fraction of sp³-hybridized carbons (Fsp3) is 1.00. The van der Waals surface area contributed by atoms with E-state index >= 15 is 0 Å². The van der Waals surface area contributed by atoms with E-state index in [9.17, 15) is 13.2 Å². The van der Waals surface area contributed by atoms with Crippen LogP contribution in [0, 0.1) is 0 Å².